The van der Waals surface area contributed by atoms with Crippen LogP contribution in [0.15, 0.2) is 24.3 Å². The van der Waals surface area contributed by atoms with Gasteiger partial charge in [-0.25, -0.2) is 0 Å². The predicted molar refractivity (Wildman–Crippen MR) is 84.1 cm³/mol. The Morgan fingerprint density at radius 1 is 1.19 bits per heavy atom. The Labute approximate surface area is 147 Å². The Kier molecular flexibility index (Phi) is 7.15. The lowest BCUT2D eigenvalue weighted by atomic mass is 10.1. The highest BCUT2D eigenvalue weighted by atomic mass is 19.4. The van der Waals surface area contributed by atoms with Crippen molar-refractivity contribution in [1.29, 1.82) is 0 Å². The fourth-order valence-electron chi connectivity index (χ4n) is 2.69. The molecule has 10 heteroatoms. The third-order valence-corrected chi connectivity index (χ3v) is 3.98. The number of alkyl halides is 5. The Morgan fingerprint density at radius 3 is 2.35 bits per heavy atom. The third kappa shape index (κ3) is 6.41. The molecule has 0 saturated carbocycles. The second-order valence-corrected chi connectivity index (χ2v) is 5.85. The zero-order valence-electron chi connectivity index (χ0n) is 13.9. The highest BCUT2D eigenvalue weighted by molar-refractivity contribution is 5.78. The van der Waals surface area contributed by atoms with Gasteiger partial charge in [0.15, 0.2) is 0 Å². The molecule has 0 spiro atoms. The SMILES string of the molecule is O=C(Cc1ccc(OC(F)F)cc1)NCC(N1CCNCC1)C(F)(F)F. The van der Waals surface area contributed by atoms with Gasteiger partial charge in [-0.2, -0.15) is 22.0 Å². The van der Waals surface area contributed by atoms with Gasteiger partial charge in [0, 0.05) is 32.7 Å². The molecule has 1 amide bonds. The first-order chi connectivity index (χ1) is 12.3. The Hall–Kier alpha value is -1.94. The van der Waals surface area contributed by atoms with E-state index in [-0.39, 0.29) is 25.3 Å². The number of carbonyl (C=O) groups is 1. The molecular formula is C16H20F5N3O2. The van der Waals surface area contributed by atoms with Crippen LogP contribution in [-0.4, -0.2) is 62.4 Å². The van der Waals surface area contributed by atoms with Crippen LogP contribution in [0.4, 0.5) is 22.0 Å². The Morgan fingerprint density at radius 2 is 1.81 bits per heavy atom. The van der Waals surface area contributed by atoms with E-state index in [1.165, 1.54) is 29.2 Å². The molecule has 1 aliphatic heterocycles. The van der Waals surface area contributed by atoms with Gasteiger partial charge in [0.1, 0.15) is 11.8 Å². The minimum Gasteiger partial charge on any atom is -0.435 e. The Bertz CT molecular complexity index is 574. The fraction of sp³-hybridized carbons (Fsp3) is 0.562. The second-order valence-electron chi connectivity index (χ2n) is 5.85. The summed E-state index contributed by atoms with van der Waals surface area (Å²) >= 11 is 0. The number of hydrogen-bond donors (Lipinski definition) is 2. The van der Waals surface area contributed by atoms with Crippen molar-refractivity contribution >= 4 is 5.91 Å². The van der Waals surface area contributed by atoms with E-state index in [1.54, 1.807) is 0 Å². The van der Waals surface area contributed by atoms with Gasteiger partial charge in [-0.15, -0.1) is 0 Å². The summed E-state index contributed by atoms with van der Waals surface area (Å²) < 4.78 is 68.1. The van der Waals surface area contributed by atoms with Crippen molar-refractivity contribution in [2.24, 2.45) is 0 Å². The number of carbonyl (C=O) groups excluding carboxylic acids is 1. The average molecular weight is 381 g/mol. The smallest absolute Gasteiger partial charge is 0.405 e. The first-order valence-corrected chi connectivity index (χ1v) is 8.07. The summed E-state index contributed by atoms with van der Waals surface area (Å²) in [5, 5.41) is 5.29. The largest absolute Gasteiger partial charge is 0.435 e. The van der Waals surface area contributed by atoms with E-state index in [9.17, 15) is 26.7 Å². The molecule has 5 nitrogen and oxygen atoms in total. The molecule has 1 fully saturated rings. The maximum atomic E-state index is 13.2. The van der Waals surface area contributed by atoms with Crippen LogP contribution in [0.25, 0.3) is 0 Å². The van der Waals surface area contributed by atoms with E-state index in [0.717, 1.165) is 0 Å². The normalized spacial score (nSPS) is 17.2. The average Bonchev–Trinajstić information content (AvgIpc) is 2.56. The minimum absolute atomic E-state index is 0.0556. The first kappa shape index (κ1) is 20.4. The van der Waals surface area contributed by atoms with Crippen molar-refractivity contribution in [1.82, 2.24) is 15.5 Å². The molecule has 1 atom stereocenters. The number of hydrogen-bond acceptors (Lipinski definition) is 4. The molecule has 1 unspecified atom stereocenters. The summed E-state index contributed by atoms with van der Waals surface area (Å²) in [4.78, 5) is 13.2. The van der Waals surface area contributed by atoms with Crippen molar-refractivity contribution < 1.29 is 31.5 Å². The molecule has 146 valence electrons. The summed E-state index contributed by atoms with van der Waals surface area (Å²) in [5.74, 6) is -0.628. The molecule has 0 aromatic heterocycles. The number of benzene rings is 1. The van der Waals surface area contributed by atoms with Crippen LogP contribution in [0.3, 0.4) is 0 Å². The van der Waals surface area contributed by atoms with Crippen molar-refractivity contribution in [2.45, 2.75) is 25.3 Å². The number of nitrogens with one attached hydrogen (secondary N) is 2. The van der Waals surface area contributed by atoms with Crippen LogP contribution in [0.5, 0.6) is 5.75 Å². The second kappa shape index (κ2) is 9.13. The zero-order chi connectivity index (χ0) is 19.2. The van der Waals surface area contributed by atoms with E-state index < -0.39 is 31.3 Å². The molecule has 1 aromatic carbocycles. The summed E-state index contributed by atoms with van der Waals surface area (Å²) in [5.41, 5.74) is 0.481. The highest BCUT2D eigenvalue weighted by Gasteiger charge is 2.43. The van der Waals surface area contributed by atoms with E-state index in [2.05, 4.69) is 15.4 Å². The number of rotatable bonds is 7. The topological polar surface area (TPSA) is 53.6 Å². The number of ether oxygens (including phenoxy) is 1. The molecule has 2 N–H and O–H groups in total. The van der Waals surface area contributed by atoms with Crippen molar-refractivity contribution in [3.8, 4) is 5.75 Å². The quantitative estimate of drug-likeness (QED) is 0.707. The summed E-state index contributed by atoms with van der Waals surface area (Å²) in [6.07, 6.45) is -4.60. The lowest BCUT2D eigenvalue weighted by molar-refractivity contribution is -0.184. The summed E-state index contributed by atoms with van der Waals surface area (Å²) in [7, 11) is 0. The van der Waals surface area contributed by atoms with Gasteiger partial charge in [0.2, 0.25) is 5.91 Å². The van der Waals surface area contributed by atoms with Gasteiger partial charge >= 0.3 is 12.8 Å². The van der Waals surface area contributed by atoms with E-state index in [4.69, 9.17) is 0 Å². The molecule has 1 aromatic rings. The van der Waals surface area contributed by atoms with Crippen LogP contribution < -0.4 is 15.4 Å². The lowest BCUT2D eigenvalue weighted by Gasteiger charge is -2.35. The molecule has 1 aliphatic rings. The van der Waals surface area contributed by atoms with Crippen LogP contribution in [0, 0.1) is 0 Å². The standard InChI is InChI=1S/C16H20F5N3O2/c17-15(18)26-12-3-1-11(2-4-12)9-14(25)23-10-13(16(19,20)21)24-7-5-22-6-8-24/h1-4,13,15,22H,5-10H2,(H,23,25). The molecule has 0 aliphatic carbocycles. The zero-order valence-corrected chi connectivity index (χ0v) is 13.9. The predicted octanol–water partition coefficient (Wildman–Crippen LogP) is 1.78. The highest BCUT2D eigenvalue weighted by Crippen LogP contribution is 2.24. The minimum atomic E-state index is -4.45. The van der Waals surface area contributed by atoms with Crippen LogP contribution >= 0.6 is 0 Å². The van der Waals surface area contributed by atoms with Crippen molar-refractivity contribution in [2.75, 3.05) is 32.7 Å². The van der Waals surface area contributed by atoms with Crippen molar-refractivity contribution in [3.05, 3.63) is 29.8 Å². The monoisotopic (exact) mass is 381 g/mol. The van der Waals surface area contributed by atoms with Gasteiger partial charge in [0.25, 0.3) is 0 Å². The number of nitrogens with zero attached hydrogens (tertiary/aromatic N) is 1. The van der Waals surface area contributed by atoms with Gasteiger partial charge in [-0.1, -0.05) is 12.1 Å². The number of piperazine rings is 1. The number of halogens is 5. The number of amides is 1. The Balaban J connectivity index is 1.87. The van der Waals surface area contributed by atoms with E-state index >= 15 is 0 Å². The molecule has 2 rings (SSSR count). The molecule has 0 radical (unpaired) electrons. The molecule has 1 saturated heterocycles. The van der Waals surface area contributed by atoms with Gasteiger partial charge in [-0.3, -0.25) is 9.69 Å². The van der Waals surface area contributed by atoms with Crippen LogP contribution in [-0.2, 0) is 11.2 Å². The van der Waals surface area contributed by atoms with E-state index in [0.29, 0.717) is 18.7 Å². The first-order valence-electron chi connectivity index (χ1n) is 8.07. The molecule has 0 bridgehead atoms. The van der Waals surface area contributed by atoms with Gasteiger partial charge in [-0.05, 0) is 17.7 Å². The fourth-order valence-corrected chi connectivity index (χ4v) is 2.69. The van der Waals surface area contributed by atoms with Gasteiger partial charge < -0.3 is 15.4 Å². The maximum Gasteiger partial charge on any atom is 0.405 e. The van der Waals surface area contributed by atoms with E-state index in [1.807, 2.05) is 0 Å². The summed E-state index contributed by atoms with van der Waals surface area (Å²) in [6, 6.07) is 3.63. The van der Waals surface area contributed by atoms with Crippen LogP contribution in [0.2, 0.25) is 0 Å². The molecule has 26 heavy (non-hydrogen) atoms. The molecular weight excluding hydrogens is 361 g/mol. The third-order valence-electron chi connectivity index (χ3n) is 3.98. The summed E-state index contributed by atoms with van der Waals surface area (Å²) in [6.45, 7) is -2.04. The molecule has 1 heterocycles. The van der Waals surface area contributed by atoms with Gasteiger partial charge in [0.05, 0.1) is 6.42 Å². The lowest BCUT2D eigenvalue weighted by Crippen LogP contribution is -2.57. The van der Waals surface area contributed by atoms with Crippen molar-refractivity contribution in [3.63, 3.8) is 0 Å². The maximum absolute atomic E-state index is 13.2. The van der Waals surface area contributed by atoms with Crippen LogP contribution in [0.1, 0.15) is 5.56 Å².